The molecule has 1 aliphatic heterocycles. The first-order chi connectivity index (χ1) is 17.2. The summed E-state index contributed by atoms with van der Waals surface area (Å²) in [6.07, 6.45) is 8.21. The van der Waals surface area contributed by atoms with Gasteiger partial charge in [0.05, 0.1) is 39.2 Å². The Morgan fingerprint density at radius 1 is 1.08 bits per heavy atom. The third-order valence-corrected chi connectivity index (χ3v) is 10.4. The minimum absolute atomic E-state index is 0.0433. The van der Waals surface area contributed by atoms with Crippen LogP contribution in [0, 0.1) is 5.41 Å². The molecule has 2 atom stereocenters. The number of halogens is 2. The number of piperidine rings is 1. The molecular weight excluding hydrogens is 533 g/mol. The van der Waals surface area contributed by atoms with Gasteiger partial charge in [-0.25, -0.2) is 23.9 Å². The average Bonchev–Trinajstić information content (AvgIpc) is 3.15. The van der Waals surface area contributed by atoms with Crippen molar-refractivity contribution in [3.8, 4) is 0 Å². The number of pyridine rings is 1. The van der Waals surface area contributed by atoms with Gasteiger partial charge >= 0.3 is 0 Å². The Morgan fingerprint density at radius 3 is 2.53 bits per heavy atom. The van der Waals surface area contributed by atoms with E-state index in [1.165, 1.54) is 22.9 Å². The standard InChI is InChI=1S/C26H29Cl2N5OS2/c1-25(2,3)36(34)32-23-18-7-5-4-6-17(18)14-26(23)9-12-33(13-10-26)20-15-31-21(16-30-20)35-19-8-11-29-24(28)22(19)27/h4-8,11,15-16,23,32H,9-10,12-14H2,1-3H3/t23-,36-/m1/s1. The van der Waals surface area contributed by atoms with E-state index in [2.05, 4.69) is 43.9 Å². The van der Waals surface area contributed by atoms with Crippen LogP contribution in [0.2, 0.25) is 10.2 Å². The van der Waals surface area contributed by atoms with Crippen molar-refractivity contribution in [3.63, 3.8) is 0 Å². The topological polar surface area (TPSA) is 71.0 Å². The largest absolute Gasteiger partial charge is 0.355 e. The van der Waals surface area contributed by atoms with Crippen LogP contribution in [-0.2, 0) is 17.4 Å². The molecule has 3 aromatic rings. The first-order valence-corrected chi connectivity index (χ1v) is 14.7. The molecular formula is C26H29Cl2N5OS2. The zero-order valence-electron chi connectivity index (χ0n) is 20.5. The number of fused-ring (bicyclic) bond motifs is 1. The Bertz CT molecular complexity index is 1270. The van der Waals surface area contributed by atoms with Crippen LogP contribution < -0.4 is 9.62 Å². The maximum atomic E-state index is 13.1. The fourth-order valence-corrected chi connectivity index (χ4v) is 7.16. The van der Waals surface area contributed by atoms with Gasteiger partial charge in [0.15, 0.2) is 0 Å². The second-order valence-electron chi connectivity index (χ2n) is 10.4. The number of benzene rings is 1. The summed E-state index contributed by atoms with van der Waals surface area (Å²) < 4.78 is 16.3. The highest BCUT2D eigenvalue weighted by Crippen LogP contribution is 2.52. The summed E-state index contributed by atoms with van der Waals surface area (Å²) in [6.45, 7) is 7.81. The fourth-order valence-electron chi connectivity index (χ4n) is 5.03. The normalized spacial score (nSPS) is 19.9. The highest BCUT2D eigenvalue weighted by molar-refractivity contribution is 7.99. The molecule has 1 fully saturated rings. The second-order valence-corrected chi connectivity index (χ2v) is 14.2. The van der Waals surface area contributed by atoms with Crippen LogP contribution in [0.1, 0.15) is 50.8 Å². The van der Waals surface area contributed by atoms with E-state index in [0.717, 1.165) is 48.1 Å². The van der Waals surface area contributed by atoms with E-state index in [9.17, 15) is 4.21 Å². The van der Waals surface area contributed by atoms with Crippen molar-refractivity contribution in [1.29, 1.82) is 0 Å². The summed E-state index contributed by atoms with van der Waals surface area (Å²) in [5, 5.41) is 1.45. The summed E-state index contributed by atoms with van der Waals surface area (Å²) >= 11 is 13.7. The Morgan fingerprint density at radius 2 is 1.83 bits per heavy atom. The number of nitrogens with zero attached hydrogens (tertiary/aromatic N) is 4. The summed E-state index contributed by atoms with van der Waals surface area (Å²) in [5.74, 6) is 0.867. The van der Waals surface area contributed by atoms with Gasteiger partial charge in [-0.05, 0) is 62.6 Å². The molecule has 190 valence electrons. The van der Waals surface area contributed by atoms with Crippen LogP contribution >= 0.6 is 35.0 Å². The molecule has 0 amide bonds. The molecule has 1 aliphatic carbocycles. The van der Waals surface area contributed by atoms with Crippen LogP contribution in [0.3, 0.4) is 0 Å². The van der Waals surface area contributed by atoms with Crippen molar-refractivity contribution in [3.05, 3.63) is 70.2 Å². The summed E-state index contributed by atoms with van der Waals surface area (Å²) in [7, 11) is -1.14. The minimum Gasteiger partial charge on any atom is -0.355 e. The van der Waals surface area contributed by atoms with Crippen molar-refractivity contribution in [1.82, 2.24) is 19.7 Å². The summed E-state index contributed by atoms with van der Waals surface area (Å²) in [6, 6.07) is 10.5. The van der Waals surface area contributed by atoms with Gasteiger partial charge in [-0.15, -0.1) is 0 Å². The molecule has 2 aromatic heterocycles. The number of anilines is 1. The Hall–Kier alpha value is -1.71. The van der Waals surface area contributed by atoms with Crippen molar-refractivity contribution >= 4 is 51.8 Å². The summed E-state index contributed by atoms with van der Waals surface area (Å²) in [4.78, 5) is 16.4. The van der Waals surface area contributed by atoms with E-state index in [1.807, 2.05) is 33.0 Å². The number of aromatic nitrogens is 3. The maximum Gasteiger partial charge on any atom is 0.148 e. The molecule has 1 aromatic carbocycles. The molecule has 0 bridgehead atoms. The Kier molecular flexibility index (Phi) is 7.36. The third kappa shape index (κ3) is 5.16. The zero-order chi connectivity index (χ0) is 25.5. The molecule has 0 radical (unpaired) electrons. The highest BCUT2D eigenvalue weighted by Gasteiger charge is 2.48. The number of rotatable bonds is 5. The van der Waals surface area contributed by atoms with Crippen molar-refractivity contribution in [2.75, 3.05) is 18.0 Å². The third-order valence-electron chi connectivity index (χ3n) is 7.03. The number of hydrogen-bond donors (Lipinski definition) is 1. The van der Waals surface area contributed by atoms with Crippen LogP contribution in [0.4, 0.5) is 5.82 Å². The molecule has 1 N–H and O–H groups in total. The first-order valence-electron chi connectivity index (χ1n) is 12.0. The molecule has 3 heterocycles. The molecule has 0 unspecified atom stereocenters. The van der Waals surface area contributed by atoms with E-state index < -0.39 is 11.0 Å². The maximum absolute atomic E-state index is 13.1. The van der Waals surface area contributed by atoms with Crippen molar-refractivity contribution in [2.24, 2.45) is 5.41 Å². The molecule has 1 saturated heterocycles. The van der Waals surface area contributed by atoms with Crippen LogP contribution in [0.15, 0.2) is 58.8 Å². The predicted octanol–water partition coefficient (Wildman–Crippen LogP) is 6.27. The van der Waals surface area contributed by atoms with Crippen LogP contribution in [0.5, 0.6) is 0 Å². The highest BCUT2D eigenvalue weighted by atomic mass is 35.5. The van der Waals surface area contributed by atoms with Gasteiger partial charge in [0.2, 0.25) is 0 Å². The van der Waals surface area contributed by atoms with E-state index in [-0.39, 0.29) is 21.4 Å². The monoisotopic (exact) mass is 561 g/mol. The molecule has 2 aliphatic rings. The molecule has 6 nitrogen and oxygen atoms in total. The molecule has 0 saturated carbocycles. The zero-order valence-corrected chi connectivity index (χ0v) is 23.6. The molecule has 10 heteroatoms. The van der Waals surface area contributed by atoms with Crippen LogP contribution in [0.25, 0.3) is 0 Å². The van der Waals surface area contributed by atoms with Gasteiger partial charge in [0.1, 0.15) is 16.0 Å². The van der Waals surface area contributed by atoms with E-state index in [4.69, 9.17) is 28.2 Å². The van der Waals surface area contributed by atoms with Crippen LogP contribution in [-0.4, -0.2) is 37.0 Å². The lowest BCUT2D eigenvalue weighted by molar-refractivity contribution is 0.177. The van der Waals surface area contributed by atoms with E-state index >= 15 is 0 Å². The number of hydrogen-bond acceptors (Lipinski definition) is 6. The summed E-state index contributed by atoms with van der Waals surface area (Å²) in [5.41, 5.74) is 2.70. The van der Waals surface area contributed by atoms with Gasteiger partial charge in [-0.1, -0.05) is 59.2 Å². The molecule has 5 rings (SSSR count). The van der Waals surface area contributed by atoms with E-state index in [0.29, 0.717) is 5.02 Å². The SMILES string of the molecule is CC(C)(C)[S@@](=O)N[C@@H]1c2ccccc2CC12CCN(c1cnc(Sc3ccnc(Cl)c3Cl)cn1)CC2. The second kappa shape index (κ2) is 10.2. The van der Waals surface area contributed by atoms with Gasteiger partial charge in [0.25, 0.3) is 0 Å². The molecule has 36 heavy (non-hydrogen) atoms. The van der Waals surface area contributed by atoms with E-state index in [1.54, 1.807) is 12.4 Å². The Labute approximate surface area is 229 Å². The predicted molar refractivity (Wildman–Crippen MR) is 148 cm³/mol. The lowest BCUT2D eigenvalue weighted by Crippen LogP contribution is -2.48. The van der Waals surface area contributed by atoms with Gasteiger partial charge in [-0.2, -0.15) is 0 Å². The lowest BCUT2D eigenvalue weighted by atomic mass is 9.73. The van der Waals surface area contributed by atoms with Gasteiger partial charge in [-0.3, -0.25) is 0 Å². The van der Waals surface area contributed by atoms with Crippen molar-refractivity contribution < 1.29 is 4.21 Å². The number of nitrogens with one attached hydrogen (secondary N) is 1. The average molecular weight is 563 g/mol. The first kappa shape index (κ1) is 25.9. The lowest BCUT2D eigenvalue weighted by Gasteiger charge is -2.44. The van der Waals surface area contributed by atoms with Gasteiger partial charge < -0.3 is 4.90 Å². The fraction of sp³-hybridized carbons (Fsp3) is 0.423. The molecule has 1 spiro atoms. The van der Waals surface area contributed by atoms with Crippen molar-refractivity contribution in [2.45, 2.75) is 60.7 Å². The quantitative estimate of drug-likeness (QED) is 0.370. The smallest absolute Gasteiger partial charge is 0.148 e. The van der Waals surface area contributed by atoms with Gasteiger partial charge in [0, 0.05) is 24.2 Å². The minimum atomic E-state index is -1.14. The Balaban J connectivity index is 1.29.